The van der Waals surface area contributed by atoms with Crippen LogP contribution in [-0.4, -0.2) is 6.54 Å². The summed E-state index contributed by atoms with van der Waals surface area (Å²) in [7, 11) is 0. The zero-order valence-corrected chi connectivity index (χ0v) is 14.4. The maximum atomic E-state index is 3.82. The van der Waals surface area contributed by atoms with Gasteiger partial charge in [-0.15, -0.1) is 11.3 Å². The summed E-state index contributed by atoms with van der Waals surface area (Å²) in [5, 5.41) is 3.82. The minimum Gasteiger partial charge on any atom is -0.309 e. The van der Waals surface area contributed by atoms with Crippen LogP contribution in [0.5, 0.6) is 0 Å². The number of rotatable bonds is 6. The molecule has 1 fully saturated rings. The fourth-order valence-electron chi connectivity index (χ4n) is 3.56. The van der Waals surface area contributed by atoms with E-state index in [1.165, 1.54) is 37.0 Å². The minimum absolute atomic E-state index is 0.599. The Hall–Kier alpha value is -0.340. The molecule has 1 heterocycles. The second kappa shape index (κ2) is 7.61. The molecule has 2 rings (SSSR count). The summed E-state index contributed by atoms with van der Waals surface area (Å²) in [4.78, 5) is 3.00. The van der Waals surface area contributed by atoms with Gasteiger partial charge in [-0.2, -0.15) is 0 Å². The monoisotopic (exact) mass is 293 g/mol. The zero-order chi connectivity index (χ0) is 14.5. The van der Waals surface area contributed by atoms with Crippen molar-refractivity contribution in [2.24, 2.45) is 17.8 Å². The number of thiophene rings is 1. The lowest BCUT2D eigenvalue weighted by Gasteiger charge is -2.35. The Morgan fingerprint density at radius 2 is 1.80 bits per heavy atom. The number of hydrogen-bond donors (Lipinski definition) is 1. The molecule has 1 aliphatic rings. The maximum absolute atomic E-state index is 3.82. The van der Waals surface area contributed by atoms with E-state index in [0.717, 1.165) is 24.3 Å². The Morgan fingerprint density at radius 1 is 1.15 bits per heavy atom. The van der Waals surface area contributed by atoms with E-state index < -0.39 is 0 Å². The fourth-order valence-corrected chi connectivity index (χ4v) is 4.61. The van der Waals surface area contributed by atoms with Gasteiger partial charge in [0.25, 0.3) is 0 Å². The van der Waals surface area contributed by atoms with E-state index in [2.05, 4.69) is 45.1 Å². The van der Waals surface area contributed by atoms with Gasteiger partial charge in [-0.05, 0) is 75.5 Å². The lowest BCUT2D eigenvalue weighted by Crippen LogP contribution is -2.31. The van der Waals surface area contributed by atoms with Gasteiger partial charge >= 0.3 is 0 Å². The van der Waals surface area contributed by atoms with E-state index in [-0.39, 0.29) is 0 Å². The zero-order valence-electron chi connectivity index (χ0n) is 13.6. The van der Waals surface area contributed by atoms with Crippen molar-refractivity contribution in [1.29, 1.82) is 0 Å². The van der Waals surface area contributed by atoms with Gasteiger partial charge in [0.15, 0.2) is 0 Å². The molecule has 114 valence electrons. The first-order valence-corrected chi connectivity index (χ1v) is 9.23. The Balaban J connectivity index is 2.01. The van der Waals surface area contributed by atoms with E-state index in [9.17, 15) is 0 Å². The molecule has 1 nitrogen and oxygen atoms in total. The highest BCUT2D eigenvalue weighted by Crippen LogP contribution is 2.40. The molecule has 1 unspecified atom stereocenters. The molecule has 1 atom stereocenters. The van der Waals surface area contributed by atoms with Crippen molar-refractivity contribution in [2.75, 3.05) is 6.54 Å². The van der Waals surface area contributed by atoms with Crippen LogP contribution < -0.4 is 5.32 Å². The van der Waals surface area contributed by atoms with Gasteiger partial charge in [0.05, 0.1) is 0 Å². The Bertz CT molecular complexity index is 388. The van der Waals surface area contributed by atoms with Crippen LogP contribution in [0.4, 0.5) is 0 Å². The topological polar surface area (TPSA) is 12.0 Å². The van der Waals surface area contributed by atoms with Crippen LogP contribution in [0.25, 0.3) is 0 Å². The predicted molar refractivity (Wildman–Crippen MR) is 90.4 cm³/mol. The molecular weight excluding hydrogens is 262 g/mol. The van der Waals surface area contributed by atoms with Crippen molar-refractivity contribution in [3.05, 3.63) is 21.9 Å². The first-order chi connectivity index (χ1) is 9.61. The average molecular weight is 294 g/mol. The molecule has 0 bridgehead atoms. The van der Waals surface area contributed by atoms with E-state index in [1.807, 2.05) is 11.3 Å². The lowest BCUT2D eigenvalue weighted by molar-refractivity contribution is 0.190. The Kier molecular flexibility index (Phi) is 6.10. The van der Waals surface area contributed by atoms with Gasteiger partial charge in [-0.25, -0.2) is 0 Å². The fraction of sp³-hybridized carbons (Fsp3) is 0.778. The minimum atomic E-state index is 0.599. The highest BCUT2D eigenvalue weighted by atomic mass is 32.1. The van der Waals surface area contributed by atoms with Crippen molar-refractivity contribution in [3.8, 4) is 0 Å². The summed E-state index contributed by atoms with van der Waals surface area (Å²) in [5.41, 5.74) is 0. The van der Waals surface area contributed by atoms with Gasteiger partial charge in [0, 0.05) is 15.8 Å². The molecular formula is C18H31NS. The van der Waals surface area contributed by atoms with Crippen LogP contribution >= 0.6 is 11.3 Å². The van der Waals surface area contributed by atoms with Gasteiger partial charge in [-0.3, -0.25) is 0 Å². The van der Waals surface area contributed by atoms with Gasteiger partial charge < -0.3 is 5.32 Å². The summed E-state index contributed by atoms with van der Waals surface area (Å²) >= 11 is 1.98. The van der Waals surface area contributed by atoms with Crippen molar-refractivity contribution in [2.45, 2.75) is 65.8 Å². The van der Waals surface area contributed by atoms with E-state index in [4.69, 9.17) is 0 Å². The SMILES string of the molecule is CCCNC(c1ccc(C)s1)C1CCC(C(C)C)CC1. The first kappa shape index (κ1) is 16.0. The lowest BCUT2D eigenvalue weighted by atomic mass is 9.74. The highest BCUT2D eigenvalue weighted by Gasteiger charge is 2.29. The third-order valence-corrected chi connectivity index (χ3v) is 6.00. The number of aryl methyl sites for hydroxylation is 1. The molecule has 0 aliphatic heterocycles. The molecule has 0 aromatic carbocycles. The summed E-state index contributed by atoms with van der Waals surface area (Å²) in [5.74, 6) is 2.67. The smallest absolute Gasteiger partial charge is 0.0443 e. The van der Waals surface area contributed by atoms with Gasteiger partial charge in [-0.1, -0.05) is 20.8 Å². The summed E-state index contributed by atoms with van der Waals surface area (Å²) in [6.45, 7) is 10.4. The van der Waals surface area contributed by atoms with Gasteiger partial charge in [0.2, 0.25) is 0 Å². The number of hydrogen-bond acceptors (Lipinski definition) is 2. The van der Waals surface area contributed by atoms with Crippen molar-refractivity contribution < 1.29 is 0 Å². The van der Waals surface area contributed by atoms with Crippen LogP contribution in [0.15, 0.2) is 12.1 Å². The van der Waals surface area contributed by atoms with Crippen molar-refractivity contribution in [3.63, 3.8) is 0 Å². The second-order valence-electron chi connectivity index (χ2n) is 6.80. The van der Waals surface area contributed by atoms with E-state index >= 15 is 0 Å². The third-order valence-electron chi connectivity index (χ3n) is 4.91. The molecule has 1 N–H and O–H groups in total. The molecule has 0 radical (unpaired) electrons. The predicted octanol–water partition coefficient (Wildman–Crippen LogP) is 5.56. The Morgan fingerprint density at radius 3 is 2.30 bits per heavy atom. The first-order valence-electron chi connectivity index (χ1n) is 8.41. The second-order valence-corrected chi connectivity index (χ2v) is 8.12. The summed E-state index contributed by atoms with van der Waals surface area (Å²) in [6, 6.07) is 5.23. The van der Waals surface area contributed by atoms with Crippen molar-refractivity contribution in [1.82, 2.24) is 5.32 Å². The van der Waals surface area contributed by atoms with Gasteiger partial charge in [0.1, 0.15) is 0 Å². The van der Waals surface area contributed by atoms with Crippen LogP contribution in [0.2, 0.25) is 0 Å². The molecule has 1 aromatic rings. The third kappa shape index (κ3) is 4.08. The Labute approximate surface area is 129 Å². The molecule has 0 saturated heterocycles. The van der Waals surface area contributed by atoms with Crippen LogP contribution in [0, 0.1) is 24.7 Å². The molecule has 1 aromatic heterocycles. The maximum Gasteiger partial charge on any atom is 0.0443 e. The summed E-state index contributed by atoms with van der Waals surface area (Å²) in [6.07, 6.45) is 6.89. The summed E-state index contributed by atoms with van der Waals surface area (Å²) < 4.78 is 0. The molecule has 20 heavy (non-hydrogen) atoms. The molecule has 1 aliphatic carbocycles. The largest absolute Gasteiger partial charge is 0.309 e. The van der Waals surface area contributed by atoms with E-state index in [1.54, 1.807) is 4.88 Å². The highest BCUT2D eigenvalue weighted by molar-refractivity contribution is 7.12. The van der Waals surface area contributed by atoms with Crippen LogP contribution in [0.1, 0.15) is 68.7 Å². The van der Waals surface area contributed by atoms with Crippen LogP contribution in [-0.2, 0) is 0 Å². The van der Waals surface area contributed by atoms with Crippen molar-refractivity contribution >= 4 is 11.3 Å². The molecule has 2 heteroatoms. The van der Waals surface area contributed by atoms with Crippen LogP contribution in [0.3, 0.4) is 0 Å². The standard InChI is InChI=1S/C18H31NS/c1-5-12-19-18(17-11-6-14(4)20-17)16-9-7-15(8-10-16)13(2)3/h6,11,13,15-16,18-19H,5,7-10,12H2,1-4H3. The quantitative estimate of drug-likeness (QED) is 0.724. The molecule has 1 saturated carbocycles. The number of nitrogens with one attached hydrogen (secondary N) is 1. The molecule has 0 spiro atoms. The average Bonchev–Trinajstić information content (AvgIpc) is 2.86. The molecule has 0 amide bonds. The normalized spacial score (nSPS) is 25.1. The van der Waals surface area contributed by atoms with E-state index in [0.29, 0.717) is 6.04 Å².